The van der Waals surface area contributed by atoms with Crippen LogP contribution < -0.4 is 26.8 Å². The molecule has 0 bridgehead atoms. The second-order valence-electron chi connectivity index (χ2n) is 18.2. The molecule has 4 heterocycles. The number of hydrogen-bond acceptors (Lipinski definition) is 8. The SMILES string of the molecule is CCC1(CC)C2=[N+](CCC(=O)NCC3(SS3)C(=O)[C@H](CCCCN)NNC(=O)CCN3/C(=C/C=C/C=C/C=C/2)C(CC)(CC)c2c3ccc3cc(C)c[c-]c23)c2ccc3cc(C)c[c-]c3c21.[Y].[Y]. The molecule has 352 valence electrons. The average Bonchev–Trinajstić information content (AvgIpc) is 4.00. The van der Waals surface area contributed by atoms with Crippen LogP contribution in [0, 0.1) is 26.0 Å². The van der Waals surface area contributed by atoms with Crippen molar-refractivity contribution >= 4 is 77.8 Å². The fourth-order valence-electron chi connectivity index (χ4n) is 10.8. The summed E-state index contributed by atoms with van der Waals surface area (Å²) in [6.45, 7) is 14.9. The number of unbranched alkanes of at least 4 members (excludes halogenated alkanes) is 1. The second kappa shape index (κ2) is 23.7. The third-order valence-electron chi connectivity index (χ3n) is 14.5. The molecular weight excluding hydrogens is 1030 g/mol. The number of ketones is 1. The van der Waals surface area contributed by atoms with E-state index in [9.17, 15) is 14.4 Å². The Morgan fingerprint density at radius 3 is 2.06 bits per heavy atom. The fourth-order valence-corrected chi connectivity index (χ4v) is 12.8. The van der Waals surface area contributed by atoms with Crippen molar-refractivity contribution in [1.82, 2.24) is 16.2 Å². The maximum atomic E-state index is 14.4. The molecule has 0 aromatic heterocycles. The van der Waals surface area contributed by atoms with Crippen LogP contribution >= 0.6 is 21.6 Å². The maximum absolute atomic E-state index is 14.4. The van der Waals surface area contributed by atoms with Crippen LogP contribution in [0.15, 0.2) is 96.8 Å². The number of hydrogen-bond donors (Lipinski definition) is 4. The van der Waals surface area contributed by atoms with Gasteiger partial charge in [0, 0.05) is 101 Å². The minimum atomic E-state index is -0.831. The van der Waals surface area contributed by atoms with Crippen molar-refractivity contribution in [3.05, 3.63) is 131 Å². The quantitative estimate of drug-likeness (QED) is 0.0453. The fraction of sp³-hybridized carbons (Fsp3) is 0.418. The van der Waals surface area contributed by atoms with E-state index in [1.165, 1.54) is 54.9 Å². The second-order valence-corrected chi connectivity index (χ2v) is 21.2. The van der Waals surface area contributed by atoms with E-state index >= 15 is 0 Å². The van der Waals surface area contributed by atoms with Gasteiger partial charge in [0.25, 0.3) is 0 Å². The third kappa shape index (κ3) is 10.6. The molecule has 9 nitrogen and oxygen atoms in total. The summed E-state index contributed by atoms with van der Waals surface area (Å²) in [4.78, 5) is 44.3. The predicted molar refractivity (Wildman–Crippen MR) is 275 cm³/mol. The topological polar surface area (TPSA) is 120 Å². The van der Waals surface area contributed by atoms with Crippen molar-refractivity contribution in [1.29, 1.82) is 0 Å². The van der Waals surface area contributed by atoms with Gasteiger partial charge in [0.05, 0.1) is 24.4 Å². The van der Waals surface area contributed by atoms with E-state index in [1.54, 1.807) is 0 Å². The normalized spacial score (nSPS) is 22.3. The molecule has 5 N–H and O–H groups in total. The molecule has 1 atom stereocenters. The average molecular weight is 1100 g/mol. The Morgan fingerprint density at radius 1 is 0.779 bits per heavy atom. The molecule has 4 aromatic rings. The number of Topliss-reactive ketones (excluding diaryl/α,β-unsaturated/α-hetero) is 1. The first-order chi connectivity index (χ1) is 32.0. The summed E-state index contributed by atoms with van der Waals surface area (Å²) in [7, 11) is 2.95. The van der Waals surface area contributed by atoms with E-state index in [1.807, 2.05) is 0 Å². The molecule has 0 unspecified atom stereocenters. The summed E-state index contributed by atoms with van der Waals surface area (Å²) in [5.41, 5.74) is 20.8. The van der Waals surface area contributed by atoms with E-state index in [0.29, 0.717) is 26.1 Å². The van der Waals surface area contributed by atoms with Gasteiger partial charge in [0.2, 0.25) is 11.8 Å². The molecule has 8 rings (SSSR count). The predicted octanol–water partition coefficient (Wildman–Crippen LogP) is 10.2. The monoisotopic (exact) mass is 1100 g/mol. The summed E-state index contributed by atoms with van der Waals surface area (Å²) in [6.07, 6.45) is 20.9. The summed E-state index contributed by atoms with van der Waals surface area (Å²) in [6, 6.07) is 24.0. The van der Waals surface area contributed by atoms with Crippen LogP contribution in [0.1, 0.15) is 108 Å². The van der Waals surface area contributed by atoms with Crippen molar-refractivity contribution in [3.8, 4) is 0 Å². The Bertz CT molecular complexity index is 2700. The van der Waals surface area contributed by atoms with Crippen molar-refractivity contribution in [2.24, 2.45) is 5.73 Å². The number of nitrogens with one attached hydrogen (secondary N) is 3. The molecule has 1 spiro atoms. The van der Waals surface area contributed by atoms with E-state index in [4.69, 9.17) is 5.73 Å². The maximum Gasteiger partial charge on any atom is 0.235 e. The number of benzene rings is 4. The van der Waals surface area contributed by atoms with Crippen molar-refractivity contribution in [2.75, 3.05) is 31.1 Å². The van der Waals surface area contributed by atoms with Crippen LogP contribution in [0.2, 0.25) is 0 Å². The molecule has 2 radical (unpaired) electrons. The van der Waals surface area contributed by atoms with Crippen LogP contribution in [-0.2, 0) is 90.6 Å². The Hall–Kier alpha value is -2.73. The van der Waals surface area contributed by atoms with E-state index < -0.39 is 10.1 Å². The number of fused-ring (bicyclic) bond motifs is 9. The van der Waals surface area contributed by atoms with Gasteiger partial charge in [-0.1, -0.05) is 124 Å². The van der Waals surface area contributed by atoms with Crippen LogP contribution in [0.25, 0.3) is 21.5 Å². The molecule has 13 heteroatoms. The Kier molecular flexibility index (Phi) is 19.0. The smallest absolute Gasteiger partial charge is 0.235 e. The Balaban J connectivity index is 0.00000381. The number of nitrogens with two attached hydrogens (primary N) is 1. The summed E-state index contributed by atoms with van der Waals surface area (Å²) >= 11 is 0. The van der Waals surface area contributed by atoms with Gasteiger partial charge < -0.3 is 16.0 Å². The summed E-state index contributed by atoms with van der Waals surface area (Å²) in [5, 5.41) is 7.71. The number of aryl methyl sites for hydroxylation is 2. The Morgan fingerprint density at radius 2 is 1.41 bits per heavy atom. The Labute approximate surface area is 462 Å². The summed E-state index contributed by atoms with van der Waals surface area (Å²) in [5.74, 6) is -0.350. The zero-order chi connectivity index (χ0) is 46.6. The van der Waals surface area contributed by atoms with Gasteiger partial charge in [-0.15, -0.1) is 69.1 Å². The molecule has 1 saturated heterocycles. The van der Waals surface area contributed by atoms with Crippen molar-refractivity contribution in [2.45, 2.75) is 120 Å². The molecule has 4 aliphatic rings. The number of hydrazine groups is 1. The summed E-state index contributed by atoms with van der Waals surface area (Å²) < 4.78 is 1.51. The third-order valence-corrected chi connectivity index (χ3v) is 17.5. The molecule has 0 aliphatic carbocycles. The first kappa shape index (κ1) is 54.6. The van der Waals surface area contributed by atoms with Crippen LogP contribution in [0.4, 0.5) is 11.4 Å². The molecule has 4 aliphatic heterocycles. The molecular formula is C55H65N6O3S2Y2-. The molecule has 2 amide bonds. The first-order valence-electron chi connectivity index (χ1n) is 24.0. The first-order valence-corrected chi connectivity index (χ1v) is 26.1. The molecule has 4 aromatic carbocycles. The van der Waals surface area contributed by atoms with Gasteiger partial charge in [0.1, 0.15) is 0 Å². The van der Waals surface area contributed by atoms with Gasteiger partial charge >= 0.3 is 0 Å². The van der Waals surface area contributed by atoms with Gasteiger partial charge in [-0.25, -0.2) is 10.0 Å². The van der Waals surface area contributed by atoms with E-state index in [-0.39, 0.29) is 113 Å². The minimum Gasteiger partial charge on any atom is -0.353 e. The van der Waals surface area contributed by atoms with Gasteiger partial charge in [-0.2, -0.15) is 0 Å². The van der Waals surface area contributed by atoms with Crippen molar-refractivity contribution < 1.29 is 84.4 Å². The number of rotatable bonds is 8. The van der Waals surface area contributed by atoms with Gasteiger partial charge in [-0.3, -0.25) is 19.8 Å². The number of amides is 2. The number of carbonyl (C=O) groups is 3. The zero-order valence-corrected chi connectivity index (χ0v) is 47.9. The van der Waals surface area contributed by atoms with Crippen molar-refractivity contribution in [3.63, 3.8) is 0 Å². The van der Waals surface area contributed by atoms with Crippen LogP contribution in [-0.4, -0.2) is 64.2 Å². The van der Waals surface area contributed by atoms with E-state index in [2.05, 4.69) is 170 Å². The largest absolute Gasteiger partial charge is 0.353 e. The standard InChI is InChI=1S/C55H65N6O3S2.2Y/c1-7-53(8-2)46-19-14-12-11-13-15-20-47-54(9-3,10-4)51-42-26-22-38(6)35-40(42)24-28-45(51)61(47)33-30-49(63)59-58-43(18-16-17-31-56)52(64)55(65-66-55)36-57-48(62)29-32-60(46)44-27-23-39-34-37(5)21-25-41(39)50(44)53;;/h11-15,19-24,27-28,34-35,43,58H,7-10,16-18,29-33,36,56H2,1-6H3,(H,57,62)(H,59,63);;/q-1;;/t43-;;/m0../s1. The van der Waals surface area contributed by atoms with Crippen LogP contribution in [0.3, 0.4) is 0 Å². The number of allylic oxidation sites excluding steroid dienone is 8. The number of carbonyl (C=O) groups excluding carboxylic acids is 3. The molecule has 68 heavy (non-hydrogen) atoms. The van der Waals surface area contributed by atoms with Gasteiger partial charge in [-0.05, 0) is 62.8 Å². The molecule has 1 fully saturated rings. The zero-order valence-electron chi connectivity index (χ0n) is 40.6. The minimum absolute atomic E-state index is 0. The molecule has 0 saturated carbocycles. The number of nitrogens with zero attached hydrogens (tertiary/aromatic N) is 2. The number of anilines is 1. The van der Waals surface area contributed by atoms with Crippen LogP contribution in [0.5, 0.6) is 0 Å². The van der Waals surface area contributed by atoms with E-state index in [0.717, 1.165) is 71.8 Å². The van der Waals surface area contributed by atoms with Gasteiger partial charge in [0.15, 0.2) is 27.8 Å².